The molecule has 0 unspecified atom stereocenters. The largest absolute Gasteiger partial charge is 0.494 e. The molecule has 0 heterocycles. The molecule has 6 nitrogen and oxygen atoms in total. The molecule has 0 aliphatic rings. The van der Waals surface area contributed by atoms with Crippen molar-refractivity contribution in [3.8, 4) is 5.75 Å². The van der Waals surface area contributed by atoms with Crippen molar-refractivity contribution >= 4 is 17.6 Å². The van der Waals surface area contributed by atoms with Gasteiger partial charge in [0.1, 0.15) is 5.75 Å². The van der Waals surface area contributed by atoms with E-state index in [0.717, 1.165) is 11.4 Å². The number of hydrogen-bond acceptors (Lipinski definition) is 4. The fourth-order valence-corrected chi connectivity index (χ4v) is 1.53. The molecule has 1 rings (SSSR count). The van der Waals surface area contributed by atoms with Crippen molar-refractivity contribution in [2.45, 2.75) is 13.3 Å². The van der Waals surface area contributed by atoms with Crippen molar-refractivity contribution in [3.05, 3.63) is 24.3 Å². The average Bonchev–Trinajstić information content (AvgIpc) is 2.36. The van der Waals surface area contributed by atoms with Gasteiger partial charge in [-0.1, -0.05) is 0 Å². The molecular formula is C13H17NO5. The molecule has 0 saturated carbocycles. The van der Waals surface area contributed by atoms with E-state index in [0.29, 0.717) is 6.61 Å². The Hall–Kier alpha value is -2.24. The third-order valence-corrected chi connectivity index (χ3v) is 2.49. The van der Waals surface area contributed by atoms with Gasteiger partial charge in [-0.05, 0) is 31.2 Å². The molecule has 19 heavy (non-hydrogen) atoms. The van der Waals surface area contributed by atoms with E-state index in [4.69, 9.17) is 14.9 Å². The maximum absolute atomic E-state index is 10.9. The molecule has 0 aromatic heterocycles. The van der Waals surface area contributed by atoms with Crippen LogP contribution in [0, 0.1) is 5.92 Å². The zero-order valence-corrected chi connectivity index (χ0v) is 10.6. The predicted molar refractivity (Wildman–Crippen MR) is 69.5 cm³/mol. The number of anilines is 1. The highest BCUT2D eigenvalue weighted by Crippen LogP contribution is 2.16. The highest BCUT2D eigenvalue weighted by atomic mass is 16.5. The first-order valence-corrected chi connectivity index (χ1v) is 5.94. The molecule has 1 aromatic rings. The van der Waals surface area contributed by atoms with E-state index in [1.165, 1.54) is 0 Å². The normalized spacial score (nSPS) is 11.6. The van der Waals surface area contributed by atoms with E-state index >= 15 is 0 Å². The van der Waals surface area contributed by atoms with Crippen molar-refractivity contribution in [1.82, 2.24) is 0 Å². The van der Waals surface area contributed by atoms with Crippen LogP contribution >= 0.6 is 0 Å². The summed E-state index contributed by atoms with van der Waals surface area (Å²) in [5.74, 6) is -2.47. The summed E-state index contributed by atoms with van der Waals surface area (Å²) >= 11 is 0. The SMILES string of the molecule is CCOc1ccc(NC[C@@H](CC(=O)O)C(=O)O)cc1. The van der Waals surface area contributed by atoms with Crippen LogP contribution in [0.15, 0.2) is 24.3 Å². The number of carboxylic acids is 2. The van der Waals surface area contributed by atoms with Gasteiger partial charge < -0.3 is 20.3 Å². The summed E-state index contributed by atoms with van der Waals surface area (Å²) in [6, 6.07) is 7.03. The summed E-state index contributed by atoms with van der Waals surface area (Å²) in [5, 5.41) is 20.4. The summed E-state index contributed by atoms with van der Waals surface area (Å²) < 4.78 is 5.28. The minimum absolute atomic E-state index is 0.0651. The highest BCUT2D eigenvalue weighted by Gasteiger charge is 2.20. The van der Waals surface area contributed by atoms with E-state index in [-0.39, 0.29) is 6.54 Å². The summed E-state index contributed by atoms with van der Waals surface area (Å²) in [7, 11) is 0. The Kier molecular flexibility index (Phi) is 5.66. The number of hydrogen-bond donors (Lipinski definition) is 3. The zero-order chi connectivity index (χ0) is 14.3. The Morgan fingerprint density at radius 3 is 2.37 bits per heavy atom. The predicted octanol–water partition coefficient (Wildman–Crippen LogP) is 1.67. The van der Waals surface area contributed by atoms with Crippen molar-refractivity contribution in [3.63, 3.8) is 0 Å². The lowest BCUT2D eigenvalue weighted by atomic mass is 10.1. The summed E-state index contributed by atoms with van der Waals surface area (Å²) in [6.07, 6.45) is -0.403. The number of rotatable bonds is 8. The standard InChI is InChI=1S/C13H17NO5/c1-2-19-11-5-3-10(4-6-11)14-8-9(13(17)18)7-12(15)16/h3-6,9,14H,2,7-8H2,1H3,(H,15,16)(H,17,18)/t9-/m1/s1. The highest BCUT2D eigenvalue weighted by molar-refractivity contribution is 5.78. The Morgan fingerprint density at radius 1 is 1.26 bits per heavy atom. The van der Waals surface area contributed by atoms with Crippen molar-refractivity contribution in [1.29, 1.82) is 0 Å². The Labute approximate surface area is 111 Å². The van der Waals surface area contributed by atoms with Crippen LogP contribution in [-0.4, -0.2) is 35.3 Å². The van der Waals surface area contributed by atoms with Crippen LogP contribution in [0.25, 0.3) is 0 Å². The number of benzene rings is 1. The van der Waals surface area contributed by atoms with Crippen molar-refractivity contribution < 1.29 is 24.5 Å². The second-order valence-electron chi connectivity index (χ2n) is 3.97. The first-order valence-electron chi connectivity index (χ1n) is 5.94. The fraction of sp³-hybridized carbons (Fsp3) is 0.385. The van der Waals surface area contributed by atoms with Gasteiger partial charge in [0.2, 0.25) is 0 Å². The molecule has 0 spiro atoms. The second-order valence-corrected chi connectivity index (χ2v) is 3.97. The molecule has 0 bridgehead atoms. The molecule has 0 saturated heterocycles. The lowest BCUT2D eigenvalue weighted by molar-refractivity contribution is -0.147. The lowest BCUT2D eigenvalue weighted by Gasteiger charge is -2.12. The van der Waals surface area contributed by atoms with Crippen LogP contribution in [0.1, 0.15) is 13.3 Å². The number of ether oxygens (including phenoxy) is 1. The summed E-state index contributed by atoms with van der Waals surface area (Å²) in [6.45, 7) is 2.53. The average molecular weight is 267 g/mol. The number of carbonyl (C=O) groups is 2. The quantitative estimate of drug-likeness (QED) is 0.663. The van der Waals surface area contributed by atoms with Crippen LogP contribution in [0.2, 0.25) is 0 Å². The molecule has 1 aromatic carbocycles. The zero-order valence-electron chi connectivity index (χ0n) is 10.6. The fourth-order valence-electron chi connectivity index (χ4n) is 1.53. The minimum Gasteiger partial charge on any atom is -0.494 e. The van der Waals surface area contributed by atoms with Gasteiger partial charge in [0.15, 0.2) is 0 Å². The third-order valence-electron chi connectivity index (χ3n) is 2.49. The molecule has 0 aliphatic heterocycles. The maximum atomic E-state index is 10.9. The van der Waals surface area contributed by atoms with Crippen LogP contribution < -0.4 is 10.1 Å². The lowest BCUT2D eigenvalue weighted by Crippen LogP contribution is -2.25. The maximum Gasteiger partial charge on any atom is 0.308 e. The molecule has 0 aliphatic carbocycles. The molecule has 1 atom stereocenters. The van der Waals surface area contributed by atoms with Crippen LogP contribution in [0.4, 0.5) is 5.69 Å². The first kappa shape index (κ1) is 14.8. The first-order chi connectivity index (χ1) is 9.02. The van der Waals surface area contributed by atoms with Crippen LogP contribution in [0.3, 0.4) is 0 Å². The van der Waals surface area contributed by atoms with E-state index < -0.39 is 24.3 Å². The topological polar surface area (TPSA) is 95.9 Å². The van der Waals surface area contributed by atoms with Gasteiger partial charge in [-0.2, -0.15) is 0 Å². The number of carboxylic acid groups (broad SMARTS) is 2. The van der Waals surface area contributed by atoms with Gasteiger partial charge in [-0.15, -0.1) is 0 Å². The molecule has 3 N–H and O–H groups in total. The molecule has 0 radical (unpaired) electrons. The number of aliphatic carboxylic acids is 2. The van der Waals surface area contributed by atoms with Gasteiger partial charge >= 0.3 is 11.9 Å². The van der Waals surface area contributed by atoms with E-state index in [9.17, 15) is 9.59 Å². The smallest absolute Gasteiger partial charge is 0.308 e. The Balaban J connectivity index is 2.54. The monoisotopic (exact) mass is 267 g/mol. The Morgan fingerprint density at radius 2 is 1.89 bits per heavy atom. The Bertz CT molecular complexity index is 429. The van der Waals surface area contributed by atoms with Crippen LogP contribution in [0.5, 0.6) is 5.75 Å². The minimum atomic E-state index is -1.12. The molecule has 0 amide bonds. The molecule has 0 fully saturated rings. The summed E-state index contributed by atoms with van der Waals surface area (Å²) in [5.41, 5.74) is 0.722. The van der Waals surface area contributed by atoms with Crippen LogP contribution in [-0.2, 0) is 9.59 Å². The van der Waals surface area contributed by atoms with E-state index in [2.05, 4.69) is 5.32 Å². The van der Waals surface area contributed by atoms with Gasteiger partial charge in [0, 0.05) is 12.2 Å². The van der Waals surface area contributed by atoms with Crippen molar-refractivity contribution in [2.75, 3.05) is 18.5 Å². The van der Waals surface area contributed by atoms with Gasteiger partial charge in [0.25, 0.3) is 0 Å². The number of nitrogens with one attached hydrogen (secondary N) is 1. The summed E-state index contributed by atoms with van der Waals surface area (Å²) in [4.78, 5) is 21.4. The second kappa shape index (κ2) is 7.25. The van der Waals surface area contributed by atoms with Gasteiger partial charge in [-0.25, -0.2) is 0 Å². The molecule has 6 heteroatoms. The van der Waals surface area contributed by atoms with E-state index in [1.807, 2.05) is 6.92 Å². The molecule has 104 valence electrons. The van der Waals surface area contributed by atoms with Gasteiger partial charge in [0.05, 0.1) is 18.9 Å². The van der Waals surface area contributed by atoms with Gasteiger partial charge in [-0.3, -0.25) is 9.59 Å². The van der Waals surface area contributed by atoms with E-state index in [1.54, 1.807) is 24.3 Å². The third kappa shape index (κ3) is 5.29. The molecular weight excluding hydrogens is 250 g/mol. The van der Waals surface area contributed by atoms with Crippen molar-refractivity contribution in [2.24, 2.45) is 5.92 Å².